The Labute approximate surface area is 747 Å². The third kappa shape index (κ3) is 20.7. The van der Waals surface area contributed by atoms with Crippen LogP contribution in [-0.2, 0) is 32.1 Å². The number of aliphatic hydroxyl groups excluding tert-OH is 5. The standard InChI is InChI=1S/C86H91F9N18O14S3/c1-9-10-56-66-58(28-34-96-56)128-76(105-66)64-45(7)104-80(101-42(4)49-15-21-55(22-16-49)125-86(93,94)95)110-74(64)113-83(33-27-51(38-115)70(83)119)127-126-61(117)24-23-57-67-59(29-35-97-57)129-75(106-67)63-44(6)103-79(100-41(3)48-13-19-54(20-14-48)124-85(90,91)92)109-73(63)112-82(121)32-26-52(39-116)71(82)122-46(8)65-68-60(30-36-98-65)130-77(107-68)62-43(5)102-78(108-72(62)111-81(120)31-25-50(37-114)69(81)118)99-40(2)47-11-17-53(18-12-47)123-84(87,88)89/h11-22,28-30,34-36,40-42,46,50-52,69-71,114-116,118-121H,9-10,23-27,31-33,37-39H2,1-8H3,(H2,99,102,108,111)(H2,100,103,109,112)(H2,101,104,110,113). The van der Waals surface area contributed by atoms with Crippen molar-refractivity contribution in [3.05, 3.63) is 160 Å². The number of hydrogen-bond acceptors (Lipinski definition) is 35. The second kappa shape index (κ2) is 37.9. The van der Waals surface area contributed by atoms with Crippen LogP contribution in [-0.4, -0.2) is 176 Å². The Morgan fingerprint density at radius 2 is 0.854 bits per heavy atom. The molecule has 0 aliphatic heterocycles. The van der Waals surface area contributed by atoms with E-state index in [0.717, 1.165) is 41.1 Å². The normalized spacial score (nSPS) is 21.6. The van der Waals surface area contributed by atoms with E-state index in [1.54, 1.807) is 66.8 Å². The number of aliphatic hydroxyl groups is 7. The van der Waals surface area contributed by atoms with Crippen molar-refractivity contribution in [1.29, 1.82) is 0 Å². The molecule has 13 atom stereocenters. The molecule has 0 saturated heterocycles. The Balaban J connectivity index is 0.711. The molecule has 3 saturated carbocycles. The molecule has 9 heterocycles. The van der Waals surface area contributed by atoms with Gasteiger partial charge in [0.1, 0.15) is 84.6 Å². The second-order valence-corrected chi connectivity index (χ2v) is 35.4. The smallest absolute Gasteiger partial charge is 0.406 e. The number of anilines is 6. The number of halogens is 9. The molecule has 32 nitrogen and oxygen atoms in total. The Bertz CT molecular complexity index is 6070. The van der Waals surface area contributed by atoms with Crippen LogP contribution in [0.4, 0.5) is 74.8 Å². The van der Waals surface area contributed by atoms with Gasteiger partial charge in [-0.05, 0) is 158 Å². The zero-order valence-electron chi connectivity index (χ0n) is 70.8. The van der Waals surface area contributed by atoms with Crippen LogP contribution in [0.5, 0.6) is 17.2 Å². The summed E-state index contributed by atoms with van der Waals surface area (Å²) >= 11 is 3.72. The molecule has 3 fully saturated rings. The van der Waals surface area contributed by atoms with Crippen molar-refractivity contribution in [1.82, 2.24) is 59.8 Å². The summed E-state index contributed by atoms with van der Waals surface area (Å²) in [6.45, 7) is 12.5. The summed E-state index contributed by atoms with van der Waals surface area (Å²) < 4.78 is 140. The minimum absolute atomic E-state index is 0.00193. The molecule has 3 aliphatic carbocycles. The molecule has 9 aromatic heterocycles. The van der Waals surface area contributed by atoms with E-state index >= 15 is 0 Å². The second-order valence-electron chi connectivity index (χ2n) is 32.3. The Kier molecular flexibility index (Phi) is 27.2. The molecule has 0 bridgehead atoms. The van der Waals surface area contributed by atoms with E-state index in [4.69, 9.17) is 64.4 Å². The van der Waals surface area contributed by atoms with E-state index in [9.17, 15) is 80.1 Å². The number of thiazole rings is 3. The van der Waals surface area contributed by atoms with Crippen molar-refractivity contribution in [2.45, 2.75) is 198 Å². The van der Waals surface area contributed by atoms with Gasteiger partial charge in [-0.2, -0.15) is 19.8 Å². The molecule has 0 radical (unpaired) electrons. The number of hydrogen-bond donors (Lipinski definition) is 13. The van der Waals surface area contributed by atoms with E-state index in [2.05, 4.69) is 56.1 Å². The molecule has 3 aliphatic rings. The predicted molar refractivity (Wildman–Crippen MR) is 463 cm³/mol. The van der Waals surface area contributed by atoms with Crippen molar-refractivity contribution in [2.24, 2.45) is 17.8 Å². The first-order chi connectivity index (χ1) is 61.8. The first kappa shape index (κ1) is 93.4. The van der Waals surface area contributed by atoms with Crippen molar-refractivity contribution in [2.75, 3.05) is 51.7 Å². The lowest BCUT2D eigenvalue weighted by atomic mass is 10.0. The molecule has 0 spiro atoms. The number of benzene rings is 3. The van der Waals surface area contributed by atoms with Gasteiger partial charge in [0.15, 0.2) is 11.4 Å². The van der Waals surface area contributed by atoms with Gasteiger partial charge in [0.05, 0.1) is 95.6 Å². The number of nitrogens with zero attached hydrogens (tertiary/aromatic N) is 12. The highest BCUT2D eigenvalue weighted by Crippen LogP contribution is 2.49. The third-order valence-electron chi connectivity index (χ3n) is 23.1. The first-order valence-corrected chi connectivity index (χ1v) is 44.0. The van der Waals surface area contributed by atoms with Gasteiger partial charge in [0, 0.05) is 69.0 Å². The number of nitrogens with one attached hydrogen (secondary N) is 6. The zero-order valence-corrected chi connectivity index (χ0v) is 73.3. The number of rotatable bonds is 34. The van der Waals surface area contributed by atoms with Crippen molar-refractivity contribution in [3.8, 4) is 49.0 Å². The molecule has 15 rings (SSSR count). The predicted octanol–water partition coefficient (Wildman–Crippen LogP) is 15.7. The van der Waals surface area contributed by atoms with Crippen LogP contribution in [0.25, 0.3) is 62.4 Å². The number of carbonyl (C=O) groups excluding carboxylic acids is 1. The lowest BCUT2D eigenvalue weighted by Gasteiger charge is -2.35. The minimum atomic E-state index is -4.95. The molecular formula is C86H91F9N18O14S3. The summed E-state index contributed by atoms with van der Waals surface area (Å²) in [5.41, 5.74) is 0.100. The molecule has 13 unspecified atom stereocenters. The van der Waals surface area contributed by atoms with Crippen molar-refractivity contribution >= 4 is 106 Å². The largest absolute Gasteiger partial charge is 0.573 e. The average molecular weight is 1870 g/mol. The number of alkyl halides is 9. The summed E-state index contributed by atoms with van der Waals surface area (Å²) in [5.74, 6) is -4.35. The molecule has 130 heavy (non-hydrogen) atoms. The van der Waals surface area contributed by atoms with Crippen LogP contribution in [0, 0.1) is 38.5 Å². The molecule has 13 N–H and O–H groups in total. The average Bonchev–Trinajstić information content (AvgIpc) is 1.62. The molecule has 12 aromatic rings. The van der Waals surface area contributed by atoms with Crippen LogP contribution in [0.15, 0.2) is 110 Å². The summed E-state index contributed by atoms with van der Waals surface area (Å²) in [5, 5.41) is 101. The maximum absolute atomic E-state index is 14.3. The molecule has 0 amide bonds. The number of pyridine rings is 3. The quantitative estimate of drug-likeness (QED) is 0.00771. The highest BCUT2D eigenvalue weighted by atomic mass is 32.1. The van der Waals surface area contributed by atoms with Gasteiger partial charge >= 0.3 is 25.1 Å². The fourth-order valence-corrected chi connectivity index (χ4v) is 19.7. The van der Waals surface area contributed by atoms with Crippen LogP contribution in [0.3, 0.4) is 0 Å². The van der Waals surface area contributed by atoms with Crippen LogP contribution in [0.2, 0.25) is 0 Å². The lowest BCUT2D eigenvalue weighted by Crippen LogP contribution is -2.51. The van der Waals surface area contributed by atoms with Gasteiger partial charge in [-0.15, -0.1) is 73.5 Å². The highest BCUT2D eigenvalue weighted by molar-refractivity contribution is 7.22. The Hall–Kier alpha value is -11.3. The Morgan fingerprint density at radius 1 is 0.477 bits per heavy atom. The number of carbonyl (C=O) groups is 1. The highest BCUT2D eigenvalue weighted by Gasteiger charge is 2.54. The SMILES string of the molecule is CCCc1nccc2sc(-c3c(C)nc(NC(C)c4ccc(OC(F)(F)F)cc4)nc3NC3(OOC(=O)CCc4nccc5sc(-c6c(C)nc(NC(C)c7ccc(OC(F)(F)F)cc7)nc6NC6(O)CCC(CO)C6OC(C)c6nccc7sc(-c8c(C)nc(NC(C)c9ccc(OC(F)(F)F)cc9)nc8NC8(O)CCC(CO)C8O)nc67)nc45)CCC(CO)C3O)nc12. The molecule has 3 aromatic carbocycles. The monoisotopic (exact) mass is 1870 g/mol. The number of fused-ring (bicyclic) bond motifs is 3. The number of aryl methyl sites for hydroxylation is 5. The fourth-order valence-electron chi connectivity index (χ4n) is 16.4. The molecule has 44 heteroatoms. The Morgan fingerprint density at radius 3 is 1.27 bits per heavy atom. The topological polar surface area (TPSA) is 441 Å². The van der Waals surface area contributed by atoms with E-state index < -0.39 is 140 Å². The maximum atomic E-state index is 14.3. The van der Waals surface area contributed by atoms with Gasteiger partial charge in [-0.3, -0.25) is 19.8 Å². The van der Waals surface area contributed by atoms with E-state index in [-0.39, 0.29) is 103 Å². The van der Waals surface area contributed by atoms with Crippen molar-refractivity contribution < 1.29 is 109 Å². The maximum Gasteiger partial charge on any atom is 0.573 e. The van der Waals surface area contributed by atoms with Crippen LogP contribution < -0.4 is 46.1 Å². The van der Waals surface area contributed by atoms with Gasteiger partial charge in [-0.25, -0.2) is 34.7 Å². The fraction of sp³-hybridized carbons (Fsp3) is 0.430. The van der Waals surface area contributed by atoms with Gasteiger partial charge < -0.3 is 86.6 Å². The van der Waals surface area contributed by atoms with Gasteiger partial charge in [0.25, 0.3) is 0 Å². The number of aromatic nitrogens is 12. The lowest BCUT2D eigenvalue weighted by molar-refractivity contribution is -0.340. The van der Waals surface area contributed by atoms with Crippen LogP contribution >= 0.6 is 34.0 Å². The van der Waals surface area contributed by atoms with Gasteiger partial charge in [-0.1, -0.05) is 49.7 Å². The van der Waals surface area contributed by atoms with Crippen molar-refractivity contribution in [3.63, 3.8) is 0 Å². The van der Waals surface area contributed by atoms with E-state index in [1.807, 2.05) is 13.0 Å². The summed E-state index contributed by atoms with van der Waals surface area (Å²) in [4.78, 5) is 84.5. The summed E-state index contributed by atoms with van der Waals surface area (Å²) in [7, 11) is 0. The van der Waals surface area contributed by atoms with E-state index in [0.29, 0.717) is 93.0 Å². The van der Waals surface area contributed by atoms with Crippen LogP contribution in [0.1, 0.15) is 161 Å². The van der Waals surface area contributed by atoms with Gasteiger partial charge in [0.2, 0.25) is 23.6 Å². The van der Waals surface area contributed by atoms with E-state index in [1.165, 1.54) is 94.9 Å². The molecular weight excluding hydrogens is 1780 g/mol. The number of ether oxygens (including phenoxy) is 4. The third-order valence-corrected chi connectivity index (χ3v) is 26.2. The summed E-state index contributed by atoms with van der Waals surface area (Å²) in [6, 6.07) is 19.0. The minimum Gasteiger partial charge on any atom is -0.406 e. The first-order valence-electron chi connectivity index (χ1n) is 41.6. The zero-order chi connectivity index (χ0) is 92.7. The molecule has 690 valence electrons. The summed E-state index contributed by atoms with van der Waals surface area (Å²) in [6.07, 6.45) is -13.9.